The first-order valence-electron chi connectivity index (χ1n) is 8.12. The van der Waals surface area contributed by atoms with Crippen LogP contribution in [0.4, 0.5) is 0 Å². The Morgan fingerprint density at radius 1 is 1.21 bits per heavy atom. The van der Waals surface area contributed by atoms with E-state index in [1.54, 1.807) is 19.1 Å². The van der Waals surface area contributed by atoms with Crippen LogP contribution in [0.3, 0.4) is 0 Å². The molecule has 0 spiro atoms. The predicted molar refractivity (Wildman–Crippen MR) is 106 cm³/mol. The Kier molecular flexibility index (Phi) is 7.35. The minimum Gasteiger partial charge on any atom is -0.457 e. The number of carbonyl (C=O) groups excluding carboxylic acids is 1. The normalized spacial score (nSPS) is 12.1. The molecule has 1 unspecified atom stereocenters. The maximum Gasteiger partial charge on any atom is 0.419 e. The number of esters is 1. The Morgan fingerprint density at radius 2 is 1.86 bits per heavy atom. The van der Waals surface area contributed by atoms with Crippen LogP contribution in [0.5, 0.6) is 0 Å². The summed E-state index contributed by atoms with van der Waals surface area (Å²) in [5.74, 6) is -0.993. The van der Waals surface area contributed by atoms with Crippen LogP contribution in [-0.4, -0.2) is 31.5 Å². The molecule has 0 radical (unpaired) electrons. The summed E-state index contributed by atoms with van der Waals surface area (Å²) in [5.41, 5.74) is 9.86. The molecule has 10 heteroatoms. The van der Waals surface area contributed by atoms with Crippen LogP contribution in [0.25, 0.3) is 5.53 Å². The maximum atomic E-state index is 12.8. The molecule has 0 saturated carbocycles. The average molecular weight is 442 g/mol. The van der Waals surface area contributed by atoms with Crippen LogP contribution >= 0.6 is 23.2 Å². The van der Waals surface area contributed by atoms with E-state index in [2.05, 4.69) is 9.51 Å². The van der Waals surface area contributed by atoms with Gasteiger partial charge in [0.1, 0.15) is 0 Å². The van der Waals surface area contributed by atoms with Crippen molar-refractivity contribution in [2.45, 2.75) is 24.8 Å². The molecule has 2 aromatic rings. The molecule has 1 atom stereocenters. The summed E-state index contributed by atoms with van der Waals surface area (Å²) in [6.45, 7) is 3.38. The predicted octanol–water partition coefficient (Wildman–Crippen LogP) is 3.56. The standard InChI is InChI=1S/C18H17Cl2N3O4S/c1-3-27-18(24)17(22-21)16(14-9-6-12(19)10-15(14)20)23-28(25,26)13-7-4-11(2)5-8-13/h4-10,16,23H,3H2,1-2H3. The molecular formula is C18H17Cl2N3O4S. The van der Waals surface area contributed by atoms with E-state index >= 15 is 0 Å². The van der Waals surface area contributed by atoms with E-state index in [0.717, 1.165) is 5.56 Å². The minimum atomic E-state index is -4.10. The van der Waals surface area contributed by atoms with Crippen molar-refractivity contribution in [3.8, 4) is 0 Å². The third-order valence-electron chi connectivity index (χ3n) is 3.74. The van der Waals surface area contributed by atoms with Gasteiger partial charge in [-0.2, -0.15) is 9.51 Å². The largest absolute Gasteiger partial charge is 0.457 e. The van der Waals surface area contributed by atoms with Gasteiger partial charge >= 0.3 is 11.7 Å². The van der Waals surface area contributed by atoms with E-state index in [-0.39, 0.29) is 22.1 Å². The van der Waals surface area contributed by atoms with Crippen LogP contribution in [0.2, 0.25) is 10.0 Å². The number of carbonyl (C=O) groups is 1. The zero-order valence-corrected chi connectivity index (χ0v) is 17.3. The number of rotatable bonds is 7. The fourth-order valence-corrected chi connectivity index (χ4v) is 4.06. The lowest BCUT2D eigenvalue weighted by molar-refractivity contribution is -0.140. The Balaban J connectivity index is 2.56. The van der Waals surface area contributed by atoms with E-state index in [0.29, 0.717) is 5.02 Å². The molecule has 2 aromatic carbocycles. The molecule has 2 rings (SSSR count). The number of hydrogen-bond acceptors (Lipinski definition) is 4. The second-order valence-electron chi connectivity index (χ2n) is 5.74. The van der Waals surface area contributed by atoms with Gasteiger partial charge in [0, 0.05) is 15.6 Å². The van der Waals surface area contributed by atoms with Crippen LogP contribution in [0.15, 0.2) is 47.4 Å². The number of sulfonamides is 1. The topological polar surface area (TPSA) is 109 Å². The molecule has 0 amide bonds. The van der Waals surface area contributed by atoms with Crippen molar-refractivity contribution in [2.75, 3.05) is 6.61 Å². The number of halogens is 2. The summed E-state index contributed by atoms with van der Waals surface area (Å²) in [7, 11) is -4.10. The zero-order valence-electron chi connectivity index (χ0n) is 15.0. The third kappa shape index (κ3) is 5.19. The number of aryl methyl sites for hydroxylation is 1. The number of hydrogen-bond donors (Lipinski definition) is 1. The molecule has 0 aromatic heterocycles. The SMILES string of the molecule is CCOC(=O)C(=[N+]=[N-])C(NS(=O)(=O)c1ccc(C)cc1)c1ccc(Cl)cc1Cl. The van der Waals surface area contributed by atoms with Gasteiger partial charge in [0.2, 0.25) is 10.0 Å². The second-order valence-corrected chi connectivity index (χ2v) is 8.30. The molecule has 0 bridgehead atoms. The number of nitrogens with one attached hydrogen (secondary N) is 1. The van der Waals surface area contributed by atoms with E-state index in [9.17, 15) is 18.7 Å². The highest BCUT2D eigenvalue weighted by molar-refractivity contribution is 7.89. The van der Waals surface area contributed by atoms with Crippen molar-refractivity contribution in [2.24, 2.45) is 0 Å². The van der Waals surface area contributed by atoms with Crippen LogP contribution in [0, 0.1) is 6.92 Å². The Morgan fingerprint density at radius 3 is 2.39 bits per heavy atom. The zero-order chi connectivity index (χ0) is 20.9. The molecule has 0 heterocycles. The summed E-state index contributed by atoms with van der Waals surface area (Å²) in [6, 6.07) is 8.96. The lowest BCUT2D eigenvalue weighted by Gasteiger charge is -2.17. The van der Waals surface area contributed by atoms with Gasteiger partial charge in [0.15, 0.2) is 6.04 Å². The van der Waals surface area contributed by atoms with Crippen molar-refractivity contribution in [1.29, 1.82) is 0 Å². The van der Waals surface area contributed by atoms with Gasteiger partial charge in [-0.15, -0.1) is 0 Å². The van der Waals surface area contributed by atoms with E-state index in [1.807, 2.05) is 6.92 Å². The first kappa shape index (κ1) is 22.1. The Labute approximate surface area is 172 Å². The van der Waals surface area contributed by atoms with Crippen LogP contribution in [-0.2, 0) is 19.6 Å². The summed E-state index contributed by atoms with van der Waals surface area (Å²) >= 11 is 12.1. The summed E-state index contributed by atoms with van der Waals surface area (Å²) < 4.78 is 32.9. The number of nitrogens with zero attached hydrogens (tertiary/aromatic N) is 2. The molecule has 0 fully saturated rings. The molecule has 0 aliphatic carbocycles. The van der Waals surface area contributed by atoms with Gasteiger partial charge < -0.3 is 10.3 Å². The smallest absolute Gasteiger partial charge is 0.419 e. The summed E-state index contributed by atoms with van der Waals surface area (Å²) in [5, 5.41) is 0.391. The molecule has 0 aliphatic heterocycles. The van der Waals surface area contributed by atoms with Crippen LogP contribution < -0.4 is 4.72 Å². The lowest BCUT2D eigenvalue weighted by atomic mass is 10.0. The summed E-state index contributed by atoms with van der Waals surface area (Å²) in [4.78, 5) is 15.1. The van der Waals surface area contributed by atoms with Crippen molar-refractivity contribution in [3.05, 3.63) is 69.2 Å². The lowest BCUT2D eigenvalue weighted by Crippen LogP contribution is -2.38. The van der Waals surface area contributed by atoms with Gasteiger partial charge in [-0.3, -0.25) is 0 Å². The number of benzene rings is 2. The molecule has 0 saturated heterocycles. The average Bonchev–Trinajstić information content (AvgIpc) is 2.62. The Hall–Kier alpha value is -2.22. The highest BCUT2D eigenvalue weighted by atomic mass is 35.5. The van der Waals surface area contributed by atoms with E-state index < -0.39 is 27.7 Å². The van der Waals surface area contributed by atoms with Gasteiger partial charge in [0.05, 0.1) is 11.5 Å². The van der Waals surface area contributed by atoms with Gasteiger partial charge in [-0.1, -0.05) is 47.0 Å². The minimum absolute atomic E-state index is 0.00361. The van der Waals surface area contributed by atoms with E-state index in [4.69, 9.17) is 27.9 Å². The molecule has 0 aliphatic rings. The van der Waals surface area contributed by atoms with E-state index in [1.165, 1.54) is 30.3 Å². The molecule has 148 valence electrons. The highest BCUT2D eigenvalue weighted by Gasteiger charge is 2.38. The molecular weight excluding hydrogens is 425 g/mol. The molecule has 28 heavy (non-hydrogen) atoms. The third-order valence-corrected chi connectivity index (χ3v) is 5.74. The molecule has 1 N–H and O–H groups in total. The van der Waals surface area contributed by atoms with Gasteiger partial charge in [-0.25, -0.2) is 13.2 Å². The fraction of sp³-hybridized carbons (Fsp3) is 0.222. The van der Waals surface area contributed by atoms with Crippen molar-refractivity contribution < 1.29 is 22.7 Å². The van der Waals surface area contributed by atoms with Gasteiger partial charge in [-0.05, 0) is 38.1 Å². The second kappa shape index (κ2) is 9.32. The monoisotopic (exact) mass is 441 g/mol. The number of ether oxygens (including phenoxy) is 1. The summed E-state index contributed by atoms with van der Waals surface area (Å²) in [6.07, 6.45) is 0. The quantitative estimate of drug-likeness (QED) is 0.306. The van der Waals surface area contributed by atoms with Crippen molar-refractivity contribution in [3.63, 3.8) is 0 Å². The molecule has 7 nitrogen and oxygen atoms in total. The maximum absolute atomic E-state index is 12.8. The highest BCUT2D eigenvalue weighted by Crippen LogP contribution is 2.28. The Bertz CT molecular complexity index is 1030. The van der Waals surface area contributed by atoms with Gasteiger partial charge in [0.25, 0.3) is 0 Å². The van der Waals surface area contributed by atoms with Crippen molar-refractivity contribution >= 4 is 44.9 Å². The first-order chi connectivity index (χ1) is 13.2. The van der Waals surface area contributed by atoms with Crippen molar-refractivity contribution in [1.82, 2.24) is 4.72 Å². The van der Waals surface area contributed by atoms with Crippen LogP contribution in [0.1, 0.15) is 24.1 Å². The fourth-order valence-electron chi connectivity index (χ4n) is 2.36. The first-order valence-corrected chi connectivity index (χ1v) is 10.4.